The fourth-order valence-electron chi connectivity index (χ4n) is 3.11. The normalized spacial score (nSPS) is 11.0. The molecule has 0 atom stereocenters. The molecule has 1 amide bonds. The Kier molecular flexibility index (Phi) is 6.95. The fourth-order valence-corrected chi connectivity index (χ4v) is 4.32. The number of carbonyl (C=O) groups is 2. The summed E-state index contributed by atoms with van der Waals surface area (Å²) in [6, 6.07) is 19.4. The van der Waals surface area contributed by atoms with Crippen molar-refractivity contribution in [3.63, 3.8) is 0 Å². The molecule has 0 saturated heterocycles. The number of sulfonamides is 1. The van der Waals surface area contributed by atoms with Crippen LogP contribution in [0.25, 0.3) is 0 Å². The lowest BCUT2D eigenvalue weighted by Crippen LogP contribution is -2.26. The Morgan fingerprint density at radius 1 is 0.938 bits per heavy atom. The summed E-state index contributed by atoms with van der Waals surface area (Å²) >= 11 is 0. The molecule has 8 heteroatoms. The Balaban J connectivity index is 1.78. The highest BCUT2D eigenvalue weighted by Crippen LogP contribution is 2.24. The van der Waals surface area contributed by atoms with Crippen molar-refractivity contribution in [1.29, 1.82) is 0 Å². The third-order valence-corrected chi connectivity index (χ3v) is 6.77. The van der Waals surface area contributed by atoms with Crippen LogP contribution < -0.4 is 9.62 Å². The van der Waals surface area contributed by atoms with Crippen LogP contribution in [0, 0.1) is 6.92 Å². The fraction of sp³-hybridized carbons (Fsp3) is 0.167. The van der Waals surface area contributed by atoms with Crippen molar-refractivity contribution in [3.05, 3.63) is 89.5 Å². The predicted molar refractivity (Wildman–Crippen MR) is 124 cm³/mol. The molecule has 0 unspecified atom stereocenters. The Hall–Kier alpha value is -3.65. The highest BCUT2D eigenvalue weighted by Gasteiger charge is 2.21. The second kappa shape index (κ2) is 9.65. The van der Waals surface area contributed by atoms with Crippen molar-refractivity contribution in [2.75, 3.05) is 23.3 Å². The molecule has 0 aliphatic heterocycles. The van der Waals surface area contributed by atoms with Crippen molar-refractivity contribution < 1.29 is 22.7 Å². The van der Waals surface area contributed by atoms with Gasteiger partial charge in [0.25, 0.3) is 15.9 Å². The van der Waals surface area contributed by atoms with Crippen LogP contribution in [0.4, 0.5) is 11.4 Å². The summed E-state index contributed by atoms with van der Waals surface area (Å²) in [7, 11) is -2.25. The van der Waals surface area contributed by atoms with Crippen molar-refractivity contribution in [2.45, 2.75) is 18.7 Å². The minimum atomic E-state index is -3.71. The number of nitrogens with zero attached hydrogens (tertiary/aromatic N) is 1. The number of anilines is 2. The van der Waals surface area contributed by atoms with Gasteiger partial charge in [0.05, 0.1) is 22.8 Å². The predicted octanol–water partition coefficient (Wildman–Crippen LogP) is 4.25. The average Bonchev–Trinajstić information content (AvgIpc) is 2.80. The first-order chi connectivity index (χ1) is 15.3. The standard InChI is InChI=1S/C24H24N2O5S/c1-4-31-24(28)21-11-8-12-22(17(21)2)25-23(27)18-13-15-19(16-14-18)26(3)32(29,30)20-9-6-5-7-10-20/h5-16H,4H2,1-3H3,(H,25,27). The van der Waals surface area contributed by atoms with Crippen LogP contribution in [-0.4, -0.2) is 33.9 Å². The van der Waals surface area contributed by atoms with Crippen LogP contribution in [0.15, 0.2) is 77.7 Å². The number of hydrogen-bond donors (Lipinski definition) is 1. The van der Waals surface area contributed by atoms with Gasteiger partial charge in [-0.05, 0) is 67.9 Å². The van der Waals surface area contributed by atoms with Gasteiger partial charge in [0.2, 0.25) is 0 Å². The van der Waals surface area contributed by atoms with Crippen molar-refractivity contribution >= 4 is 33.3 Å². The molecule has 0 bridgehead atoms. The molecule has 32 heavy (non-hydrogen) atoms. The second-order valence-electron chi connectivity index (χ2n) is 6.99. The molecular formula is C24H24N2O5S. The Bertz CT molecular complexity index is 1220. The lowest BCUT2D eigenvalue weighted by atomic mass is 10.1. The molecule has 1 N–H and O–H groups in total. The zero-order valence-corrected chi connectivity index (χ0v) is 18.8. The van der Waals surface area contributed by atoms with Crippen LogP contribution >= 0.6 is 0 Å². The van der Waals surface area contributed by atoms with E-state index in [1.165, 1.54) is 19.2 Å². The Morgan fingerprint density at radius 3 is 2.22 bits per heavy atom. The van der Waals surface area contributed by atoms with Gasteiger partial charge >= 0.3 is 5.97 Å². The van der Waals surface area contributed by atoms with Gasteiger partial charge in [-0.25, -0.2) is 13.2 Å². The van der Waals surface area contributed by atoms with Crippen molar-refractivity contribution in [1.82, 2.24) is 0 Å². The molecule has 3 aromatic rings. The monoisotopic (exact) mass is 452 g/mol. The highest BCUT2D eigenvalue weighted by atomic mass is 32.2. The largest absolute Gasteiger partial charge is 0.462 e. The number of hydrogen-bond acceptors (Lipinski definition) is 5. The van der Waals surface area contributed by atoms with Gasteiger partial charge in [-0.2, -0.15) is 0 Å². The molecule has 0 heterocycles. The number of ether oxygens (including phenoxy) is 1. The molecule has 166 valence electrons. The molecule has 3 rings (SSSR count). The Labute approximate surface area is 187 Å². The van der Waals surface area contributed by atoms with E-state index in [2.05, 4.69) is 5.32 Å². The summed E-state index contributed by atoms with van der Waals surface area (Å²) in [5.74, 6) is -0.831. The smallest absolute Gasteiger partial charge is 0.338 e. The molecule has 0 aliphatic rings. The van der Waals surface area contributed by atoms with Gasteiger partial charge < -0.3 is 10.1 Å². The van der Waals surface area contributed by atoms with E-state index in [0.717, 1.165) is 4.31 Å². The van der Waals surface area contributed by atoms with E-state index >= 15 is 0 Å². The van der Waals surface area contributed by atoms with Gasteiger partial charge in [0.15, 0.2) is 0 Å². The molecular weight excluding hydrogens is 428 g/mol. The maximum Gasteiger partial charge on any atom is 0.338 e. The third kappa shape index (κ3) is 4.81. The molecule has 0 spiro atoms. The van der Waals surface area contributed by atoms with Gasteiger partial charge in [0, 0.05) is 18.3 Å². The number of nitrogens with one attached hydrogen (secondary N) is 1. The summed E-state index contributed by atoms with van der Waals surface area (Å²) < 4.78 is 31.8. The minimum absolute atomic E-state index is 0.182. The highest BCUT2D eigenvalue weighted by molar-refractivity contribution is 7.92. The number of rotatable bonds is 7. The minimum Gasteiger partial charge on any atom is -0.462 e. The zero-order chi connectivity index (χ0) is 23.3. The molecule has 3 aromatic carbocycles. The van der Waals surface area contributed by atoms with Crippen LogP contribution in [0.3, 0.4) is 0 Å². The first-order valence-corrected chi connectivity index (χ1v) is 11.4. The molecule has 0 aliphatic carbocycles. The lowest BCUT2D eigenvalue weighted by Gasteiger charge is -2.19. The molecule has 0 fully saturated rings. The molecule has 7 nitrogen and oxygen atoms in total. The van der Waals surface area contributed by atoms with Gasteiger partial charge in [0.1, 0.15) is 0 Å². The van der Waals surface area contributed by atoms with E-state index in [0.29, 0.717) is 28.1 Å². The van der Waals surface area contributed by atoms with E-state index in [1.54, 1.807) is 74.5 Å². The summed E-state index contributed by atoms with van der Waals surface area (Å²) in [6.07, 6.45) is 0. The maximum atomic E-state index is 12.8. The van der Waals surface area contributed by atoms with Crippen LogP contribution in [0.5, 0.6) is 0 Å². The van der Waals surface area contributed by atoms with E-state index in [9.17, 15) is 18.0 Å². The second-order valence-corrected chi connectivity index (χ2v) is 8.95. The molecule has 0 saturated carbocycles. The topological polar surface area (TPSA) is 92.8 Å². The molecule has 0 aromatic heterocycles. The average molecular weight is 453 g/mol. The quantitative estimate of drug-likeness (QED) is 0.541. The van der Waals surface area contributed by atoms with E-state index in [1.807, 2.05) is 0 Å². The number of benzene rings is 3. The number of amides is 1. The van der Waals surface area contributed by atoms with Gasteiger partial charge in [-0.1, -0.05) is 24.3 Å². The van der Waals surface area contributed by atoms with Crippen molar-refractivity contribution in [3.8, 4) is 0 Å². The first kappa shape index (κ1) is 23.0. The van der Waals surface area contributed by atoms with Gasteiger partial charge in [-0.15, -0.1) is 0 Å². The van der Waals surface area contributed by atoms with Crippen molar-refractivity contribution in [2.24, 2.45) is 0 Å². The van der Waals surface area contributed by atoms with E-state index in [-0.39, 0.29) is 17.4 Å². The first-order valence-electron chi connectivity index (χ1n) is 9.98. The van der Waals surface area contributed by atoms with Gasteiger partial charge in [-0.3, -0.25) is 9.10 Å². The molecule has 0 radical (unpaired) electrons. The summed E-state index contributed by atoms with van der Waals surface area (Å²) in [6.45, 7) is 3.72. The van der Waals surface area contributed by atoms with E-state index in [4.69, 9.17) is 4.74 Å². The maximum absolute atomic E-state index is 12.8. The Morgan fingerprint density at radius 2 is 1.59 bits per heavy atom. The number of carbonyl (C=O) groups excluding carboxylic acids is 2. The van der Waals surface area contributed by atoms with Crippen LogP contribution in [-0.2, 0) is 14.8 Å². The number of esters is 1. The zero-order valence-electron chi connectivity index (χ0n) is 18.0. The third-order valence-electron chi connectivity index (χ3n) is 4.97. The van der Waals surface area contributed by atoms with Crippen LogP contribution in [0.1, 0.15) is 33.2 Å². The summed E-state index contributed by atoms with van der Waals surface area (Å²) in [5, 5.41) is 2.79. The summed E-state index contributed by atoms with van der Waals surface area (Å²) in [4.78, 5) is 25.0. The van der Waals surface area contributed by atoms with Crippen LogP contribution in [0.2, 0.25) is 0 Å². The van der Waals surface area contributed by atoms with E-state index < -0.39 is 16.0 Å². The summed E-state index contributed by atoms with van der Waals surface area (Å²) in [5.41, 5.74) is 2.25. The SMILES string of the molecule is CCOC(=O)c1cccc(NC(=O)c2ccc(N(C)S(=O)(=O)c3ccccc3)cc2)c1C. The lowest BCUT2D eigenvalue weighted by molar-refractivity contribution is 0.0525.